The van der Waals surface area contributed by atoms with Gasteiger partial charge in [-0.1, -0.05) is 35.9 Å². The van der Waals surface area contributed by atoms with Crippen molar-refractivity contribution in [2.45, 2.75) is 24.7 Å². The van der Waals surface area contributed by atoms with Crippen molar-refractivity contribution in [2.75, 3.05) is 31.3 Å². The Morgan fingerprint density at radius 2 is 1.79 bits per heavy atom. The molecule has 4 aromatic rings. The predicted molar refractivity (Wildman–Crippen MR) is 165 cm³/mol. The summed E-state index contributed by atoms with van der Waals surface area (Å²) in [6.07, 6.45) is 3.51. The molecular formula is C30H31ClN6O4S. The van der Waals surface area contributed by atoms with E-state index in [-0.39, 0.29) is 27.6 Å². The van der Waals surface area contributed by atoms with Crippen molar-refractivity contribution in [1.82, 2.24) is 20.0 Å². The highest BCUT2D eigenvalue weighted by molar-refractivity contribution is 7.89. The molecule has 1 saturated carbocycles. The highest BCUT2D eigenvalue weighted by Crippen LogP contribution is 2.36. The number of nitrogens with zero attached hydrogens (tertiary/aromatic N) is 2. The zero-order valence-electron chi connectivity index (χ0n) is 23.4. The molecule has 0 unspecified atom stereocenters. The van der Waals surface area contributed by atoms with E-state index in [4.69, 9.17) is 16.3 Å². The van der Waals surface area contributed by atoms with Crippen LogP contribution >= 0.6 is 11.6 Å². The van der Waals surface area contributed by atoms with Crippen molar-refractivity contribution < 1.29 is 17.9 Å². The van der Waals surface area contributed by atoms with Crippen LogP contribution in [0.4, 0.5) is 23.1 Å². The molecule has 0 aliphatic heterocycles. The topological polar surface area (TPSA) is 134 Å². The molecule has 1 aliphatic rings. The summed E-state index contributed by atoms with van der Waals surface area (Å²) < 4.78 is 34.4. The number of ether oxygens (including phenoxy) is 1. The van der Waals surface area contributed by atoms with Gasteiger partial charge in [0.15, 0.2) is 5.82 Å². The minimum Gasteiger partial charge on any atom is -0.495 e. The van der Waals surface area contributed by atoms with Gasteiger partial charge < -0.3 is 20.7 Å². The first kappa shape index (κ1) is 29.3. The van der Waals surface area contributed by atoms with Gasteiger partial charge in [0.1, 0.15) is 15.7 Å². The molecule has 0 spiro atoms. The molecule has 3 aromatic carbocycles. The third-order valence-electron chi connectivity index (χ3n) is 6.91. The maximum atomic E-state index is 13.0. The van der Waals surface area contributed by atoms with E-state index in [1.807, 2.05) is 31.2 Å². The van der Waals surface area contributed by atoms with Gasteiger partial charge >= 0.3 is 0 Å². The van der Waals surface area contributed by atoms with Crippen molar-refractivity contribution in [3.05, 3.63) is 83.0 Å². The zero-order chi connectivity index (χ0) is 29.9. The van der Waals surface area contributed by atoms with Crippen LogP contribution in [0.5, 0.6) is 5.75 Å². The monoisotopic (exact) mass is 606 g/mol. The number of methoxy groups -OCH3 is 1. The zero-order valence-corrected chi connectivity index (χ0v) is 24.9. The average Bonchev–Trinajstić information content (AvgIpc) is 3.83. The molecule has 1 fully saturated rings. The van der Waals surface area contributed by atoms with Gasteiger partial charge in [-0.05, 0) is 78.8 Å². The van der Waals surface area contributed by atoms with Gasteiger partial charge in [0.2, 0.25) is 16.0 Å². The van der Waals surface area contributed by atoms with E-state index >= 15 is 0 Å². The van der Waals surface area contributed by atoms with E-state index in [0.29, 0.717) is 35.2 Å². The number of para-hydroxylation sites is 1. The Morgan fingerprint density at radius 3 is 2.48 bits per heavy atom. The van der Waals surface area contributed by atoms with E-state index in [2.05, 4.69) is 30.6 Å². The summed E-state index contributed by atoms with van der Waals surface area (Å²) in [7, 11) is -0.574. The van der Waals surface area contributed by atoms with E-state index in [9.17, 15) is 13.2 Å². The molecule has 0 saturated heterocycles. The molecule has 12 heteroatoms. The Bertz CT molecular complexity index is 1730. The van der Waals surface area contributed by atoms with E-state index in [1.54, 1.807) is 44.5 Å². The second-order valence-corrected chi connectivity index (χ2v) is 12.1. The number of nitrogens with one attached hydrogen (secondary N) is 4. The normalized spacial score (nSPS) is 13.0. The van der Waals surface area contributed by atoms with Crippen LogP contribution < -0.4 is 25.4 Å². The number of anilines is 4. The second kappa shape index (κ2) is 12.4. The van der Waals surface area contributed by atoms with E-state index < -0.39 is 10.0 Å². The first-order valence-electron chi connectivity index (χ1n) is 13.3. The second-order valence-electron chi connectivity index (χ2n) is 9.96. The number of aromatic nitrogens is 2. The molecule has 5 rings (SSSR count). The number of halogens is 1. The third kappa shape index (κ3) is 6.64. The summed E-state index contributed by atoms with van der Waals surface area (Å²) in [5.41, 5.74) is 4.36. The number of hydrogen-bond acceptors (Lipinski definition) is 8. The predicted octanol–water partition coefficient (Wildman–Crippen LogP) is 5.65. The van der Waals surface area contributed by atoms with E-state index in [0.717, 1.165) is 29.5 Å². The highest BCUT2D eigenvalue weighted by atomic mass is 35.5. The SMILES string of the molecule is CNC(=O)c1ccc(-c2cc(OC)c(Nc3ncc(Cl)c(Nc4ccccc4S(=O)(=O)NCC4CC4)n3)cc2C)cc1. The van der Waals surface area contributed by atoms with Crippen LogP contribution in [-0.2, 0) is 10.0 Å². The molecule has 10 nitrogen and oxygen atoms in total. The Labute approximate surface area is 249 Å². The maximum absolute atomic E-state index is 13.0. The summed E-state index contributed by atoms with van der Waals surface area (Å²) in [6, 6.07) is 17.7. The fraction of sp³-hybridized carbons (Fsp3) is 0.233. The molecule has 0 atom stereocenters. The number of benzene rings is 3. The average molecular weight is 607 g/mol. The Balaban J connectivity index is 1.39. The van der Waals surface area contributed by atoms with Crippen molar-refractivity contribution in [1.29, 1.82) is 0 Å². The lowest BCUT2D eigenvalue weighted by Gasteiger charge is -2.16. The lowest BCUT2D eigenvalue weighted by Crippen LogP contribution is -2.26. The lowest BCUT2D eigenvalue weighted by atomic mass is 9.98. The van der Waals surface area contributed by atoms with Gasteiger partial charge in [0.25, 0.3) is 5.91 Å². The minimum atomic E-state index is -3.74. The number of sulfonamides is 1. The Kier molecular flexibility index (Phi) is 8.62. The Hall–Kier alpha value is -4.19. The molecule has 218 valence electrons. The molecule has 1 aliphatic carbocycles. The Morgan fingerprint density at radius 1 is 1.05 bits per heavy atom. The fourth-order valence-corrected chi connectivity index (χ4v) is 5.82. The largest absolute Gasteiger partial charge is 0.495 e. The minimum absolute atomic E-state index is 0.103. The van der Waals surface area contributed by atoms with Crippen molar-refractivity contribution >= 4 is 50.7 Å². The fourth-order valence-electron chi connectivity index (χ4n) is 4.41. The summed E-state index contributed by atoms with van der Waals surface area (Å²) in [4.78, 5) is 20.8. The van der Waals surface area contributed by atoms with Gasteiger partial charge in [-0.2, -0.15) is 4.98 Å². The van der Waals surface area contributed by atoms with Gasteiger partial charge in [-0.3, -0.25) is 4.79 Å². The first-order valence-corrected chi connectivity index (χ1v) is 15.2. The standard InChI is InChI=1S/C30H31ClN6O4S/c1-18-14-25(26(41-3)15-22(18)20-10-12-21(13-11-20)29(38)32-2)36-30-33-17-23(31)28(37-30)35-24-6-4-5-7-27(24)42(39,40)34-16-19-8-9-19/h4-7,10-15,17,19,34H,8-9,16H2,1-3H3,(H,32,38)(H2,33,35,36,37). The van der Waals surface area contributed by atoms with Crippen molar-refractivity contribution in [2.24, 2.45) is 5.92 Å². The number of carbonyl (C=O) groups is 1. The van der Waals surface area contributed by atoms with Crippen LogP contribution in [0.1, 0.15) is 28.8 Å². The molecule has 0 bridgehead atoms. The third-order valence-corrected chi connectivity index (χ3v) is 8.67. The maximum Gasteiger partial charge on any atom is 0.251 e. The lowest BCUT2D eigenvalue weighted by molar-refractivity contribution is 0.0963. The number of carbonyl (C=O) groups excluding carboxylic acids is 1. The summed E-state index contributed by atoms with van der Waals surface area (Å²) in [5.74, 6) is 1.27. The van der Waals surface area contributed by atoms with Crippen LogP contribution in [0.15, 0.2) is 71.8 Å². The number of hydrogen-bond donors (Lipinski definition) is 4. The number of aryl methyl sites for hydroxylation is 1. The molecule has 1 amide bonds. The summed E-state index contributed by atoms with van der Waals surface area (Å²) >= 11 is 6.41. The van der Waals surface area contributed by atoms with Crippen LogP contribution in [-0.4, -0.2) is 45.0 Å². The summed E-state index contributed by atoms with van der Waals surface area (Å²) in [5, 5.41) is 9.08. The smallest absolute Gasteiger partial charge is 0.251 e. The van der Waals surface area contributed by atoms with Gasteiger partial charge in [-0.25, -0.2) is 18.1 Å². The van der Waals surface area contributed by atoms with Crippen molar-refractivity contribution in [3.63, 3.8) is 0 Å². The van der Waals surface area contributed by atoms with Crippen LogP contribution in [0.25, 0.3) is 11.1 Å². The van der Waals surface area contributed by atoms with E-state index in [1.165, 1.54) is 12.3 Å². The van der Waals surface area contributed by atoms with Crippen LogP contribution in [0, 0.1) is 12.8 Å². The molecule has 0 radical (unpaired) electrons. The van der Waals surface area contributed by atoms with Crippen LogP contribution in [0.3, 0.4) is 0 Å². The molecule has 4 N–H and O–H groups in total. The molecule has 1 heterocycles. The van der Waals surface area contributed by atoms with Gasteiger partial charge in [-0.15, -0.1) is 0 Å². The molecular weight excluding hydrogens is 576 g/mol. The van der Waals surface area contributed by atoms with Crippen molar-refractivity contribution in [3.8, 4) is 16.9 Å². The highest BCUT2D eigenvalue weighted by Gasteiger charge is 2.26. The van der Waals surface area contributed by atoms with Crippen LogP contribution in [0.2, 0.25) is 5.02 Å². The number of rotatable bonds is 11. The van der Waals surface area contributed by atoms with Gasteiger partial charge in [0.05, 0.1) is 24.7 Å². The number of amides is 1. The van der Waals surface area contributed by atoms with Gasteiger partial charge in [0, 0.05) is 19.2 Å². The molecule has 1 aromatic heterocycles. The quantitative estimate of drug-likeness (QED) is 0.172. The summed E-state index contributed by atoms with van der Waals surface area (Å²) in [6.45, 7) is 2.39. The molecule has 42 heavy (non-hydrogen) atoms. The first-order chi connectivity index (χ1) is 20.2.